The molecule has 0 radical (unpaired) electrons. The molecular formula is C12H18N2O3. The number of likely N-dealkylation sites (tertiary alicyclic amines) is 1. The number of hydrogen-bond acceptors (Lipinski definition) is 4. The van der Waals surface area contributed by atoms with Gasteiger partial charge >= 0.3 is 5.97 Å². The summed E-state index contributed by atoms with van der Waals surface area (Å²) in [5.74, 6) is 1.93. The highest BCUT2D eigenvalue weighted by molar-refractivity contribution is 5.81. The van der Waals surface area contributed by atoms with Gasteiger partial charge in [-0.15, -0.1) is 6.42 Å². The van der Waals surface area contributed by atoms with Gasteiger partial charge in [0.2, 0.25) is 5.91 Å². The zero-order valence-corrected chi connectivity index (χ0v) is 10.2. The molecule has 2 unspecified atom stereocenters. The number of esters is 1. The number of nitrogens with zero attached hydrogens (tertiary/aromatic N) is 1. The van der Waals surface area contributed by atoms with Gasteiger partial charge in [-0.05, 0) is 19.9 Å². The van der Waals surface area contributed by atoms with E-state index < -0.39 is 0 Å². The van der Waals surface area contributed by atoms with Crippen molar-refractivity contribution in [1.82, 2.24) is 10.2 Å². The van der Waals surface area contributed by atoms with Crippen LogP contribution in [-0.2, 0) is 14.3 Å². The number of terminal acetylenes is 1. The Morgan fingerprint density at radius 2 is 2.35 bits per heavy atom. The van der Waals surface area contributed by atoms with E-state index in [-0.39, 0.29) is 30.4 Å². The number of nitrogens with one attached hydrogen (secondary N) is 1. The van der Waals surface area contributed by atoms with Crippen molar-refractivity contribution < 1.29 is 14.3 Å². The number of methoxy groups -OCH3 is 1. The molecule has 0 aromatic heterocycles. The summed E-state index contributed by atoms with van der Waals surface area (Å²) in [6, 6.07) is -0.266. The van der Waals surface area contributed by atoms with Gasteiger partial charge in [0.25, 0.3) is 0 Å². The Labute approximate surface area is 101 Å². The van der Waals surface area contributed by atoms with E-state index in [4.69, 9.17) is 11.2 Å². The second kappa shape index (κ2) is 6.26. The highest BCUT2D eigenvalue weighted by Crippen LogP contribution is 2.19. The SMILES string of the molecule is C#CCNC(=O)C(C)N1CCC(C(=O)OC)C1. The van der Waals surface area contributed by atoms with Crippen molar-refractivity contribution in [3.63, 3.8) is 0 Å². The highest BCUT2D eigenvalue weighted by atomic mass is 16.5. The van der Waals surface area contributed by atoms with Crippen molar-refractivity contribution in [2.45, 2.75) is 19.4 Å². The van der Waals surface area contributed by atoms with Crippen molar-refractivity contribution in [3.05, 3.63) is 0 Å². The molecule has 1 amide bonds. The number of amides is 1. The Morgan fingerprint density at radius 3 is 2.94 bits per heavy atom. The van der Waals surface area contributed by atoms with Gasteiger partial charge in [0.15, 0.2) is 0 Å². The molecule has 5 nitrogen and oxygen atoms in total. The average molecular weight is 238 g/mol. The molecule has 2 atom stereocenters. The summed E-state index contributed by atoms with van der Waals surface area (Å²) in [5, 5.41) is 2.63. The molecule has 5 heteroatoms. The fraction of sp³-hybridized carbons (Fsp3) is 0.667. The van der Waals surface area contributed by atoms with Crippen molar-refractivity contribution in [3.8, 4) is 12.3 Å². The lowest BCUT2D eigenvalue weighted by Crippen LogP contribution is -2.44. The average Bonchev–Trinajstić information content (AvgIpc) is 2.83. The lowest BCUT2D eigenvalue weighted by Gasteiger charge is -2.22. The Bertz CT molecular complexity index is 335. The molecule has 17 heavy (non-hydrogen) atoms. The van der Waals surface area contributed by atoms with Crippen LogP contribution in [0.5, 0.6) is 0 Å². The van der Waals surface area contributed by atoms with Gasteiger partial charge in [-0.25, -0.2) is 0 Å². The van der Waals surface area contributed by atoms with Crippen LogP contribution in [0.1, 0.15) is 13.3 Å². The lowest BCUT2D eigenvalue weighted by molar-refractivity contribution is -0.145. The maximum atomic E-state index is 11.7. The molecule has 1 fully saturated rings. The quantitative estimate of drug-likeness (QED) is 0.536. The highest BCUT2D eigenvalue weighted by Gasteiger charge is 2.33. The van der Waals surface area contributed by atoms with E-state index in [2.05, 4.69) is 11.2 Å². The third-order valence-corrected chi connectivity index (χ3v) is 3.05. The van der Waals surface area contributed by atoms with E-state index in [0.29, 0.717) is 6.54 Å². The first-order valence-electron chi connectivity index (χ1n) is 5.63. The van der Waals surface area contributed by atoms with Crippen LogP contribution in [0.15, 0.2) is 0 Å². The van der Waals surface area contributed by atoms with Crippen LogP contribution in [0.3, 0.4) is 0 Å². The van der Waals surface area contributed by atoms with Crippen LogP contribution in [0, 0.1) is 18.3 Å². The molecule has 0 saturated carbocycles. The van der Waals surface area contributed by atoms with E-state index in [0.717, 1.165) is 13.0 Å². The van der Waals surface area contributed by atoms with Gasteiger partial charge in [-0.1, -0.05) is 5.92 Å². The molecule has 0 aliphatic carbocycles. The summed E-state index contributed by atoms with van der Waals surface area (Å²) >= 11 is 0. The third kappa shape index (κ3) is 3.46. The minimum Gasteiger partial charge on any atom is -0.469 e. The van der Waals surface area contributed by atoms with Crippen LogP contribution >= 0.6 is 0 Å². The molecule has 0 bridgehead atoms. The second-order valence-electron chi connectivity index (χ2n) is 4.10. The first-order chi connectivity index (χ1) is 8.10. The summed E-state index contributed by atoms with van der Waals surface area (Å²) in [5.41, 5.74) is 0. The molecule has 1 heterocycles. The van der Waals surface area contributed by atoms with E-state index in [1.165, 1.54) is 7.11 Å². The van der Waals surface area contributed by atoms with E-state index in [1.807, 2.05) is 11.8 Å². The lowest BCUT2D eigenvalue weighted by atomic mass is 10.1. The molecule has 1 N–H and O–H groups in total. The molecule has 1 rings (SSSR count). The number of carbonyl (C=O) groups excluding carboxylic acids is 2. The summed E-state index contributed by atoms with van der Waals surface area (Å²) in [6.45, 7) is 3.34. The third-order valence-electron chi connectivity index (χ3n) is 3.05. The van der Waals surface area contributed by atoms with Gasteiger partial charge < -0.3 is 10.1 Å². The van der Waals surface area contributed by atoms with Crippen LogP contribution < -0.4 is 5.32 Å². The summed E-state index contributed by atoms with van der Waals surface area (Å²) in [4.78, 5) is 25.0. The van der Waals surface area contributed by atoms with Gasteiger partial charge in [0.05, 0.1) is 25.6 Å². The molecule has 0 aromatic carbocycles. The minimum absolute atomic E-state index is 0.103. The van der Waals surface area contributed by atoms with Gasteiger partial charge in [0, 0.05) is 6.54 Å². The molecule has 1 aliphatic rings. The van der Waals surface area contributed by atoms with Gasteiger partial charge in [-0.2, -0.15) is 0 Å². The minimum atomic E-state index is -0.266. The van der Waals surface area contributed by atoms with E-state index >= 15 is 0 Å². The topological polar surface area (TPSA) is 58.6 Å². The summed E-state index contributed by atoms with van der Waals surface area (Å²) in [7, 11) is 1.38. The number of hydrogen-bond donors (Lipinski definition) is 1. The predicted octanol–water partition coefficient (Wildman–Crippen LogP) is -0.381. The van der Waals surface area contributed by atoms with Crippen molar-refractivity contribution in [2.24, 2.45) is 5.92 Å². The summed E-state index contributed by atoms with van der Waals surface area (Å²) in [6.07, 6.45) is 5.81. The Morgan fingerprint density at radius 1 is 1.65 bits per heavy atom. The monoisotopic (exact) mass is 238 g/mol. The largest absolute Gasteiger partial charge is 0.469 e. The molecule has 94 valence electrons. The smallest absolute Gasteiger partial charge is 0.310 e. The molecule has 0 aromatic rings. The standard InChI is InChI=1S/C12H18N2O3/c1-4-6-13-11(15)9(2)14-7-5-10(8-14)12(16)17-3/h1,9-10H,5-8H2,2-3H3,(H,13,15). The first kappa shape index (κ1) is 13.5. The van der Waals surface area contributed by atoms with E-state index in [1.54, 1.807) is 0 Å². The number of rotatable bonds is 4. The maximum absolute atomic E-state index is 11.7. The molecular weight excluding hydrogens is 220 g/mol. The van der Waals surface area contributed by atoms with Crippen molar-refractivity contribution >= 4 is 11.9 Å². The number of carbonyl (C=O) groups is 2. The van der Waals surface area contributed by atoms with Crippen molar-refractivity contribution in [2.75, 3.05) is 26.7 Å². The maximum Gasteiger partial charge on any atom is 0.310 e. The Hall–Kier alpha value is -1.54. The fourth-order valence-corrected chi connectivity index (χ4v) is 1.95. The molecule has 1 saturated heterocycles. The van der Waals surface area contributed by atoms with Crippen LogP contribution in [-0.4, -0.2) is 49.6 Å². The Balaban J connectivity index is 2.45. The van der Waals surface area contributed by atoms with Crippen LogP contribution in [0.25, 0.3) is 0 Å². The fourth-order valence-electron chi connectivity index (χ4n) is 1.95. The normalized spacial score (nSPS) is 21.6. The Kier molecular flexibility index (Phi) is 4.98. The van der Waals surface area contributed by atoms with Gasteiger partial charge in [-0.3, -0.25) is 14.5 Å². The molecule has 0 spiro atoms. The van der Waals surface area contributed by atoms with Crippen LogP contribution in [0.4, 0.5) is 0 Å². The molecule has 1 aliphatic heterocycles. The van der Waals surface area contributed by atoms with Gasteiger partial charge in [0.1, 0.15) is 0 Å². The summed E-state index contributed by atoms with van der Waals surface area (Å²) < 4.78 is 4.69. The zero-order chi connectivity index (χ0) is 12.8. The second-order valence-corrected chi connectivity index (χ2v) is 4.10. The first-order valence-corrected chi connectivity index (χ1v) is 5.63. The van der Waals surface area contributed by atoms with E-state index in [9.17, 15) is 9.59 Å². The van der Waals surface area contributed by atoms with Crippen LogP contribution in [0.2, 0.25) is 0 Å². The van der Waals surface area contributed by atoms with Crippen molar-refractivity contribution in [1.29, 1.82) is 0 Å². The zero-order valence-electron chi connectivity index (χ0n) is 10.2. The predicted molar refractivity (Wildman–Crippen MR) is 63.0 cm³/mol. The number of ether oxygens (including phenoxy) is 1.